The van der Waals surface area contributed by atoms with Gasteiger partial charge in [-0.05, 0) is 50.8 Å². The molecule has 1 unspecified atom stereocenters. The predicted molar refractivity (Wildman–Crippen MR) is 101 cm³/mol. The molecule has 0 aliphatic heterocycles. The number of carbonyl (C=O) groups is 2. The highest BCUT2D eigenvalue weighted by Crippen LogP contribution is 2.32. The minimum Gasteiger partial charge on any atom is -0.353 e. The fraction of sp³-hybridized carbons (Fsp3) is 0.444. The molecular formula is C18H23N5O2S. The van der Waals surface area contributed by atoms with E-state index in [1.54, 1.807) is 0 Å². The Morgan fingerprint density at radius 1 is 1.35 bits per heavy atom. The highest BCUT2D eigenvalue weighted by atomic mass is 32.2. The summed E-state index contributed by atoms with van der Waals surface area (Å²) in [5, 5.41) is 14.8. The van der Waals surface area contributed by atoms with Crippen LogP contribution < -0.4 is 10.6 Å². The number of aryl methyl sites for hydroxylation is 1. The molecule has 1 heterocycles. The zero-order valence-electron chi connectivity index (χ0n) is 15.2. The summed E-state index contributed by atoms with van der Waals surface area (Å²) in [6.07, 6.45) is 2.40. The van der Waals surface area contributed by atoms with Crippen LogP contribution >= 0.6 is 11.8 Å². The van der Waals surface area contributed by atoms with Crippen LogP contribution in [-0.2, 0) is 9.59 Å². The monoisotopic (exact) mass is 373 g/mol. The van der Waals surface area contributed by atoms with Crippen molar-refractivity contribution in [2.45, 2.75) is 44.8 Å². The molecule has 2 N–H and O–H groups in total. The molecule has 26 heavy (non-hydrogen) atoms. The first-order chi connectivity index (χ1) is 12.4. The minimum atomic E-state index is -0.126. The lowest BCUT2D eigenvalue weighted by molar-refractivity contribution is -0.119. The number of rotatable bonds is 7. The lowest BCUT2D eigenvalue weighted by Crippen LogP contribution is -2.35. The number of thioether (sulfide) groups is 1. The van der Waals surface area contributed by atoms with E-state index in [1.807, 2.05) is 35.8 Å². The molecule has 1 aliphatic rings. The molecule has 0 spiro atoms. The quantitative estimate of drug-likeness (QED) is 0.728. The van der Waals surface area contributed by atoms with Crippen LogP contribution in [0.1, 0.15) is 32.5 Å². The molecule has 1 saturated carbocycles. The van der Waals surface area contributed by atoms with Gasteiger partial charge in [0.25, 0.3) is 0 Å². The fourth-order valence-electron chi connectivity index (χ4n) is 2.80. The van der Waals surface area contributed by atoms with Gasteiger partial charge in [-0.15, -0.1) is 10.2 Å². The molecule has 3 rings (SSSR count). The highest BCUT2D eigenvalue weighted by Gasteiger charge is 2.28. The van der Waals surface area contributed by atoms with E-state index in [4.69, 9.17) is 0 Å². The topological polar surface area (TPSA) is 88.9 Å². The average molecular weight is 373 g/mol. The maximum atomic E-state index is 12.2. The maximum Gasteiger partial charge on any atom is 0.230 e. The highest BCUT2D eigenvalue weighted by molar-refractivity contribution is 7.99. The predicted octanol–water partition coefficient (Wildman–Crippen LogP) is 2.54. The van der Waals surface area contributed by atoms with Crippen LogP contribution in [0, 0.1) is 12.8 Å². The lowest BCUT2D eigenvalue weighted by atomic mass is 10.2. The van der Waals surface area contributed by atoms with Gasteiger partial charge in [-0.3, -0.25) is 14.2 Å². The van der Waals surface area contributed by atoms with Gasteiger partial charge in [0, 0.05) is 18.7 Å². The van der Waals surface area contributed by atoms with Gasteiger partial charge in [-0.25, -0.2) is 0 Å². The summed E-state index contributed by atoms with van der Waals surface area (Å²) in [4.78, 5) is 23.4. The second-order valence-corrected chi connectivity index (χ2v) is 7.52. The third-order valence-electron chi connectivity index (χ3n) is 4.27. The molecule has 0 saturated heterocycles. The third-order valence-corrected chi connectivity index (χ3v) is 5.20. The summed E-state index contributed by atoms with van der Waals surface area (Å²) < 4.78 is 1.88. The molecule has 0 radical (unpaired) electrons. The summed E-state index contributed by atoms with van der Waals surface area (Å²) in [6, 6.07) is 7.69. The van der Waals surface area contributed by atoms with Crippen molar-refractivity contribution in [1.82, 2.24) is 20.1 Å². The van der Waals surface area contributed by atoms with Crippen molar-refractivity contribution in [2.24, 2.45) is 5.92 Å². The van der Waals surface area contributed by atoms with E-state index in [0.29, 0.717) is 22.5 Å². The van der Waals surface area contributed by atoms with E-state index in [9.17, 15) is 9.59 Å². The summed E-state index contributed by atoms with van der Waals surface area (Å²) in [6.45, 7) is 5.39. The average Bonchev–Trinajstić information content (AvgIpc) is 3.36. The molecule has 1 aromatic heterocycles. The molecule has 1 fully saturated rings. The van der Waals surface area contributed by atoms with Crippen molar-refractivity contribution >= 4 is 29.3 Å². The molecular weight excluding hydrogens is 350 g/mol. The van der Waals surface area contributed by atoms with E-state index in [1.165, 1.54) is 31.5 Å². The smallest absolute Gasteiger partial charge is 0.230 e. The first-order valence-corrected chi connectivity index (χ1v) is 9.65. The van der Waals surface area contributed by atoms with Crippen LogP contribution in [0.5, 0.6) is 0 Å². The number of amides is 2. The van der Waals surface area contributed by atoms with Crippen molar-refractivity contribution in [2.75, 3.05) is 11.1 Å². The van der Waals surface area contributed by atoms with Crippen molar-refractivity contribution in [3.63, 3.8) is 0 Å². The Balaban J connectivity index is 1.70. The Hall–Kier alpha value is -2.35. The number of nitrogens with one attached hydrogen (secondary N) is 2. The lowest BCUT2D eigenvalue weighted by Gasteiger charge is -2.13. The van der Waals surface area contributed by atoms with Gasteiger partial charge in [0.15, 0.2) is 5.16 Å². The zero-order valence-corrected chi connectivity index (χ0v) is 16.0. The normalized spacial score (nSPS) is 14.7. The number of nitrogens with zero attached hydrogens (tertiary/aromatic N) is 3. The van der Waals surface area contributed by atoms with Crippen LogP contribution in [0.2, 0.25) is 0 Å². The molecule has 1 aromatic carbocycles. The fourth-order valence-corrected chi connectivity index (χ4v) is 3.61. The molecule has 0 bridgehead atoms. The van der Waals surface area contributed by atoms with Gasteiger partial charge in [-0.2, -0.15) is 0 Å². The summed E-state index contributed by atoms with van der Waals surface area (Å²) in [7, 11) is 0. The van der Waals surface area contributed by atoms with Crippen molar-refractivity contribution in [1.29, 1.82) is 0 Å². The first-order valence-electron chi connectivity index (χ1n) is 8.66. The van der Waals surface area contributed by atoms with Crippen LogP contribution in [0.15, 0.2) is 29.4 Å². The molecule has 2 amide bonds. The van der Waals surface area contributed by atoms with Gasteiger partial charge in [-0.1, -0.05) is 17.8 Å². The van der Waals surface area contributed by atoms with Crippen LogP contribution in [0.4, 0.5) is 5.69 Å². The number of benzene rings is 1. The summed E-state index contributed by atoms with van der Waals surface area (Å²) in [5.41, 5.74) is 1.54. The molecule has 2 aromatic rings. The number of hydrogen-bond acceptors (Lipinski definition) is 5. The van der Waals surface area contributed by atoms with E-state index in [-0.39, 0.29) is 17.9 Å². The van der Waals surface area contributed by atoms with Crippen molar-refractivity contribution < 1.29 is 9.59 Å². The van der Waals surface area contributed by atoms with Crippen LogP contribution in [0.3, 0.4) is 0 Å². The van der Waals surface area contributed by atoms with Crippen LogP contribution in [0.25, 0.3) is 5.69 Å². The largest absolute Gasteiger partial charge is 0.353 e. The maximum absolute atomic E-state index is 12.2. The Bertz CT molecular complexity index is 816. The Kier molecular flexibility index (Phi) is 5.61. The van der Waals surface area contributed by atoms with Crippen LogP contribution in [-0.4, -0.2) is 38.4 Å². The summed E-state index contributed by atoms with van der Waals surface area (Å²) >= 11 is 1.35. The van der Waals surface area contributed by atoms with Gasteiger partial charge in [0.1, 0.15) is 5.82 Å². The van der Waals surface area contributed by atoms with Gasteiger partial charge >= 0.3 is 0 Å². The summed E-state index contributed by atoms with van der Waals surface area (Å²) in [5.74, 6) is 1.53. The number of carbonyl (C=O) groups excluding carboxylic acids is 2. The zero-order chi connectivity index (χ0) is 18.7. The number of hydrogen-bond donors (Lipinski definition) is 2. The van der Waals surface area contributed by atoms with Gasteiger partial charge in [0.05, 0.1) is 11.4 Å². The van der Waals surface area contributed by atoms with E-state index in [2.05, 4.69) is 27.8 Å². The number of aromatic nitrogens is 3. The molecule has 8 heteroatoms. The molecule has 138 valence electrons. The van der Waals surface area contributed by atoms with E-state index < -0.39 is 0 Å². The molecule has 7 nitrogen and oxygen atoms in total. The van der Waals surface area contributed by atoms with E-state index >= 15 is 0 Å². The van der Waals surface area contributed by atoms with Crippen molar-refractivity contribution in [3.8, 4) is 5.69 Å². The third kappa shape index (κ3) is 4.63. The second kappa shape index (κ2) is 7.90. The second-order valence-electron chi connectivity index (χ2n) is 6.58. The first kappa shape index (κ1) is 18.4. The molecule has 1 aliphatic carbocycles. The Morgan fingerprint density at radius 3 is 2.81 bits per heavy atom. The SMILES string of the molecule is CC(=O)Nc1cccc(-n2c(C)nnc2SCC(=O)NC(C)C2CC2)c1. The van der Waals surface area contributed by atoms with E-state index in [0.717, 1.165) is 11.5 Å². The molecule has 1 atom stereocenters. The number of anilines is 1. The van der Waals surface area contributed by atoms with Gasteiger partial charge < -0.3 is 10.6 Å². The van der Waals surface area contributed by atoms with Gasteiger partial charge in [0.2, 0.25) is 11.8 Å². The standard InChI is InChI=1S/C18H23N5O2S/c1-11(14-7-8-14)19-17(25)10-26-18-22-21-12(2)23(18)16-6-4-5-15(9-16)20-13(3)24/h4-6,9,11,14H,7-8,10H2,1-3H3,(H,19,25)(H,20,24). The Labute approximate surface area is 157 Å². The minimum absolute atomic E-state index is 0.00796. The van der Waals surface area contributed by atoms with Crippen molar-refractivity contribution in [3.05, 3.63) is 30.1 Å². The Morgan fingerprint density at radius 2 is 2.12 bits per heavy atom.